The molecule has 136 valence electrons. The summed E-state index contributed by atoms with van der Waals surface area (Å²) >= 11 is 1.85. The van der Waals surface area contributed by atoms with Crippen LogP contribution in [0.1, 0.15) is 16.1 Å². The molecule has 1 aliphatic carbocycles. The van der Waals surface area contributed by atoms with Crippen LogP contribution in [0.3, 0.4) is 0 Å². The van der Waals surface area contributed by atoms with Crippen LogP contribution in [0.25, 0.3) is 43.9 Å². The number of H-pyrrole nitrogens is 1. The van der Waals surface area contributed by atoms with Crippen molar-refractivity contribution >= 4 is 22.2 Å². The molecule has 0 aliphatic heterocycles. The first-order chi connectivity index (χ1) is 13.7. The van der Waals surface area contributed by atoms with Gasteiger partial charge >= 0.3 is 0 Å². The number of aromatic nitrogens is 5. The molecule has 0 atom stereocenters. The van der Waals surface area contributed by atoms with Gasteiger partial charge in [0.25, 0.3) is 0 Å². The van der Waals surface area contributed by atoms with E-state index in [1.165, 1.54) is 26.4 Å². The molecule has 0 amide bonds. The van der Waals surface area contributed by atoms with Crippen molar-refractivity contribution in [3.63, 3.8) is 0 Å². The van der Waals surface area contributed by atoms with Crippen molar-refractivity contribution < 1.29 is 0 Å². The van der Waals surface area contributed by atoms with Gasteiger partial charge in [0, 0.05) is 62.8 Å². The van der Waals surface area contributed by atoms with E-state index >= 15 is 0 Å². The summed E-state index contributed by atoms with van der Waals surface area (Å²) in [5.41, 5.74) is 9.22. The van der Waals surface area contributed by atoms with E-state index in [9.17, 15) is 0 Å². The molecule has 1 aromatic carbocycles. The van der Waals surface area contributed by atoms with Crippen molar-refractivity contribution in [3.8, 4) is 33.0 Å². The van der Waals surface area contributed by atoms with Crippen LogP contribution in [0.5, 0.6) is 0 Å². The molecule has 1 aliphatic rings. The quantitative estimate of drug-likeness (QED) is 0.459. The SMILES string of the molecule is Cc1ccc(-c2cc3c(s2)Cc2c(-c4ccc5cnn(C)c5c4)n[nH]c2-3)cn1. The van der Waals surface area contributed by atoms with Crippen LogP contribution in [0.15, 0.2) is 48.8 Å². The predicted octanol–water partition coefficient (Wildman–Crippen LogP) is 4.97. The Kier molecular flexibility index (Phi) is 3.17. The average Bonchev–Trinajstić information content (AvgIpc) is 3.44. The largest absolute Gasteiger partial charge is 0.277 e. The van der Waals surface area contributed by atoms with Gasteiger partial charge < -0.3 is 0 Å². The maximum atomic E-state index is 4.66. The van der Waals surface area contributed by atoms with Crippen LogP contribution in [-0.2, 0) is 13.5 Å². The van der Waals surface area contributed by atoms with Crippen molar-refractivity contribution in [2.24, 2.45) is 7.05 Å². The van der Waals surface area contributed by atoms with E-state index in [1.807, 2.05) is 42.4 Å². The minimum atomic E-state index is 0.921. The Bertz CT molecular complexity index is 1350. The highest BCUT2D eigenvalue weighted by molar-refractivity contribution is 7.16. The molecule has 0 unspecified atom stereocenters. The number of benzene rings is 1. The summed E-state index contributed by atoms with van der Waals surface area (Å²) in [5, 5.41) is 13.4. The molecule has 6 heteroatoms. The number of hydrogen-bond donors (Lipinski definition) is 1. The summed E-state index contributed by atoms with van der Waals surface area (Å²) in [6, 6.07) is 12.9. The number of rotatable bonds is 2. The number of aromatic amines is 1. The van der Waals surface area contributed by atoms with Crippen LogP contribution >= 0.6 is 11.3 Å². The Morgan fingerprint density at radius 3 is 2.82 bits per heavy atom. The van der Waals surface area contributed by atoms with Crippen molar-refractivity contribution in [1.29, 1.82) is 0 Å². The third-order valence-electron chi connectivity index (χ3n) is 5.50. The van der Waals surface area contributed by atoms with Crippen molar-refractivity contribution in [2.75, 3.05) is 0 Å². The number of pyridine rings is 1. The van der Waals surface area contributed by atoms with Gasteiger partial charge in [-0.15, -0.1) is 11.3 Å². The highest BCUT2D eigenvalue weighted by Crippen LogP contribution is 2.46. The van der Waals surface area contributed by atoms with Gasteiger partial charge in [0.15, 0.2) is 0 Å². The highest BCUT2D eigenvalue weighted by Gasteiger charge is 2.28. The van der Waals surface area contributed by atoms with E-state index in [0.717, 1.165) is 40.0 Å². The van der Waals surface area contributed by atoms with Gasteiger partial charge in [0.2, 0.25) is 0 Å². The predicted molar refractivity (Wildman–Crippen MR) is 112 cm³/mol. The number of hydrogen-bond acceptors (Lipinski definition) is 4. The van der Waals surface area contributed by atoms with Crippen LogP contribution in [0, 0.1) is 6.92 Å². The lowest BCUT2D eigenvalue weighted by molar-refractivity contribution is 0.797. The van der Waals surface area contributed by atoms with E-state index in [2.05, 4.69) is 56.7 Å². The van der Waals surface area contributed by atoms with E-state index in [0.29, 0.717) is 0 Å². The number of fused-ring (bicyclic) bond motifs is 4. The van der Waals surface area contributed by atoms with Gasteiger partial charge in [-0.3, -0.25) is 14.8 Å². The molecule has 0 saturated carbocycles. The average molecular weight is 383 g/mol. The van der Waals surface area contributed by atoms with Crippen LogP contribution in [-0.4, -0.2) is 25.0 Å². The summed E-state index contributed by atoms with van der Waals surface area (Å²) in [6.07, 6.45) is 4.77. The van der Waals surface area contributed by atoms with Crippen LogP contribution < -0.4 is 0 Å². The second-order valence-electron chi connectivity index (χ2n) is 7.28. The summed E-state index contributed by atoms with van der Waals surface area (Å²) in [7, 11) is 1.97. The zero-order chi connectivity index (χ0) is 18.8. The lowest BCUT2D eigenvalue weighted by Gasteiger charge is -2.02. The molecule has 0 bridgehead atoms. The first-order valence-corrected chi connectivity index (χ1v) is 10.0. The number of nitrogens with one attached hydrogen (secondary N) is 1. The monoisotopic (exact) mass is 383 g/mol. The number of nitrogens with zero attached hydrogens (tertiary/aromatic N) is 4. The molecule has 5 aromatic rings. The molecule has 4 heterocycles. The third-order valence-corrected chi connectivity index (χ3v) is 6.69. The van der Waals surface area contributed by atoms with Crippen molar-refractivity contribution in [3.05, 3.63) is 64.9 Å². The fraction of sp³-hybridized carbons (Fsp3) is 0.136. The van der Waals surface area contributed by atoms with E-state index in [4.69, 9.17) is 0 Å². The maximum Gasteiger partial charge on any atom is 0.0963 e. The first-order valence-electron chi connectivity index (χ1n) is 9.23. The molecular weight excluding hydrogens is 366 g/mol. The second kappa shape index (κ2) is 5.62. The molecule has 0 fully saturated rings. The standard InChI is InChI=1S/C22H17N5S/c1-12-3-4-15(10-23-12)19-8-16-20(28-19)9-17-21(25-26-22(16)17)13-5-6-14-11-24-27(2)18(14)7-13/h3-8,10-11H,9H2,1-2H3,(H,25,26). The Labute approximate surface area is 165 Å². The summed E-state index contributed by atoms with van der Waals surface area (Å²) in [6.45, 7) is 2.01. The van der Waals surface area contributed by atoms with Gasteiger partial charge in [-0.2, -0.15) is 10.2 Å². The fourth-order valence-corrected chi connectivity index (χ4v) is 5.15. The Hall–Kier alpha value is -3.25. The topological polar surface area (TPSA) is 59.4 Å². The van der Waals surface area contributed by atoms with Crippen LogP contribution in [0.4, 0.5) is 0 Å². The Balaban J connectivity index is 1.42. The third kappa shape index (κ3) is 2.21. The van der Waals surface area contributed by atoms with Gasteiger partial charge in [-0.1, -0.05) is 18.2 Å². The molecule has 0 saturated heterocycles. The Morgan fingerprint density at radius 2 is 1.96 bits per heavy atom. The van der Waals surface area contributed by atoms with Gasteiger partial charge in [0.05, 0.1) is 23.1 Å². The van der Waals surface area contributed by atoms with E-state index < -0.39 is 0 Å². The minimum Gasteiger partial charge on any atom is -0.277 e. The van der Waals surface area contributed by atoms with Gasteiger partial charge in [0.1, 0.15) is 0 Å². The molecule has 0 radical (unpaired) electrons. The van der Waals surface area contributed by atoms with E-state index in [-0.39, 0.29) is 0 Å². The molecule has 6 rings (SSSR count). The smallest absolute Gasteiger partial charge is 0.0963 e. The Morgan fingerprint density at radius 1 is 1.07 bits per heavy atom. The lowest BCUT2D eigenvalue weighted by Crippen LogP contribution is -1.90. The zero-order valence-corrected chi connectivity index (χ0v) is 16.3. The highest BCUT2D eigenvalue weighted by atomic mass is 32.1. The molecule has 1 N–H and O–H groups in total. The van der Waals surface area contributed by atoms with E-state index in [1.54, 1.807) is 0 Å². The summed E-state index contributed by atoms with van der Waals surface area (Å²) in [4.78, 5) is 7.08. The lowest BCUT2D eigenvalue weighted by atomic mass is 10.0. The second-order valence-corrected chi connectivity index (χ2v) is 8.42. The molecule has 4 aromatic heterocycles. The molecular formula is C22H17N5S. The van der Waals surface area contributed by atoms with Gasteiger partial charge in [-0.25, -0.2) is 0 Å². The summed E-state index contributed by atoms with van der Waals surface area (Å²) < 4.78 is 1.91. The minimum absolute atomic E-state index is 0.921. The maximum absolute atomic E-state index is 4.66. The van der Waals surface area contributed by atoms with Crippen molar-refractivity contribution in [2.45, 2.75) is 13.3 Å². The van der Waals surface area contributed by atoms with Crippen molar-refractivity contribution in [1.82, 2.24) is 25.0 Å². The first kappa shape index (κ1) is 15.8. The zero-order valence-electron chi connectivity index (χ0n) is 15.5. The fourth-order valence-electron chi connectivity index (χ4n) is 3.98. The molecule has 28 heavy (non-hydrogen) atoms. The van der Waals surface area contributed by atoms with Gasteiger partial charge in [-0.05, 0) is 25.1 Å². The molecule has 5 nitrogen and oxygen atoms in total. The van der Waals surface area contributed by atoms with Crippen LogP contribution in [0.2, 0.25) is 0 Å². The number of thiophene rings is 1. The normalized spacial score (nSPS) is 12.5. The number of aryl methyl sites for hydroxylation is 2. The molecule has 0 spiro atoms. The summed E-state index contributed by atoms with van der Waals surface area (Å²) in [5.74, 6) is 0.